The number of hydrogen-bond donors (Lipinski definition) is 2. The smallest absolute Gasteiger partial charge is 0.174 e. The Bertz CT molecular complexity index is 73.5. The van der Waals surface area contributed by atoms with Crippen molar-refractivity contribution in [1.82, 2.24) is 5.32 Å². The molecular weight excluding hydrogens is 118 g/mol. The molecule has 1 unspecified atom stereocenters. The highest BCUT2D eigenvalue weighted by Gasteiger charge is 2.16. The van der Waals surface area contributed by atoms with Gasteiger partial charge in [-0.25, -0.2) is 0 Å². The lowest BCUT2D eigenvalue weighted by molar-refractivity contribution is -0.166. The van der Waals surface area contributed by atoms with Crippen molar-refractivity contribution >= 4 is 0 Å². The summed E-state index contributed by atoms with van der Waals surface area (Å²) in [6, 6.07) is 0. The van der Waals surface area contributed by atoms with Crippen LogP contribution in [0.3, 0.4) is 0 Å². The molecule has 0 bridgehead atoms. The van der Waals surface area contributed by atoms with Crippen LogP contribution in [0.15, 0.2) is 0 Å². The molecule has 0 radical (unpaired) electrons. The van der Waals surface area contributed by atoms with Crippen LogP contribution in [0.25, 0.3) is 0 Å². The minimum Gasteiger partial charge on any atom is -0.365 e. The molecule has 0 heterocycles. The first-order valence-electron chi connectivity index (χ1n) is 3.10. The quantitative estimate of drug-likeness (QED) is 0.528. The van der Waals surface area contributed by atoms with Gasteiger partial charge in [0.2, 0.25) is 0 Å². The van der Waals surface area contributed by atoms with Crippen molar-refractivity contribution in [2.45, 2.75) is 19.6 Å². The van der Waals surface area contributed by atoms with Gasteiger partial charge in [0.25, 0.3) is 0 Å². The molecule has 0 aromatic heterocycles. The highest BCUT2D eigenvalue weighted by Crippen LogP contribution is 1.99. The molecule has 56 valence electrons. The molecule has 0 fully saturated rings. The van der Waals surface area contributed by atoms with E-state index in [2.05, 4.69) is 5.32 Å². The molecule has 0 amide bonds. The van der Waals surface area contributed by atoms with Gasteiger partial charge in [-0.15, -0.1) is 0 Å². The van der Waals surface area contributed by atoms with Gasteiger partial charge >= 0.3 is 0 Å². The molecule has 0 aromatic carbocycles. The van der Waals surface area contributed by atoms with Gasteiger partial charge in [-0.1, -0.05) is 6.92 Å². The molecule has 1 atom stereocenters. The summed E-state index contributed by atoms with van der Waals surface area (Å²) >= 11 is 0. The van der Waals surface area contributed by atoms with Gasteiger partial charge in [-0.2, -0.15) is 0 Å². The molecule has 0 saturated carbocycles. The summed E-state index contributed by atoms with van der Waals surface area (Å²) in [5.41, 5.74) is 0. The molecular formula is C6H15NO2. The number of aliphatic hydroxyl groups is 1. The molecule has 0 aliphatic rings. The molecule has 2 N–H and O–H groups in total. The fourth-order valence-corrected chi connectivity index (χ4v) is 0.429. The Balaban J connectivity index is 3.33. The van der Waals surface area contributed by atoms with Crippen LogP contribution in [0.2, 0.25) is 0 Å². The predicted molar refractivity (Wildman–Crippen MR) is 36.2 cm³/mol. The average molecular weight is 133 g/mol. The van der Waals surface area contributed by atoms with Crippen LogP contribution in [-0.2, 0) is 4.74 Å². The zero-order valence-corrected chi connectivity index (χ0v) is 6.27. The van der Waals surface area contributed by atoms with Gasteiger partial charge in [-0.3, -0.25) is 0 Å². The van der Waals surface area contributed by atoms with Crippen LogP contribution in [0.4, 0.5) is 0 Å². The van der Waals surface area contributed by atoms with Gasteiger partial charge < -0.3 is 15.2 Å². The summed E-state index contributed by atoms with van der Waals surface area (Å²) in [5.74, 6) is -1.02. The first-order valence-corrected chi connectivity index (χ1v) is 3.10. The summed E-state index contributed by atoms with van der Waals surface area (Å²) in [6.45, 7) is 4.92. The normalized spacial score (nSPS) is 17.3. The first-order chi connectivity index (χ1) is 4.12. The van der Waals surface area contributed by atoms with E-state index in [1.807, 2.05) is 6.92 Å². The maximum Gasteiger partial charge on any atom is 0.174 e. The second-order valence-electron chi connectivity index (χ2n) is 2.16. The Morgan fingerprint density at radius 2 is 2.22 bits per heavy atom. The molecule has 0 aromatic rings. The van der Waals surface area contributed by atoms with Crippen molar-refractivity contribution in [3.8, 4) is 0 Å². The third-order valence-electron chi connectivity index (χ3n) is 1.14. The van der Waals surface area contributed by atoms with Gasteiger partial charge in [0.05, 0.1) is 0 Å². The van der Waals surface area contributed by atoms with Crippen molar-refractivity contribution in [2.75, 3.05) is 20.2 Å². The van der Waals surface area contributed by atoms with Gasteiger partial charge in [0, 0.05) is 13.7 Å². The summed E-state index contributed by atoms with van der Waals surface area (Å²) in [5, 5.41) is 12.1. The molecule has 0 aliphatic carbocycles. The van der Waals surface area contributed by atoms with E-state index in [1.54, 1.807) is 6.92 Å². The largest absolute Gasteiger partial charge is 0.365 e. The van der Waals surface area contributed by atoms with Crippen LogP contribution in [0.1, 0.15) is 13.8 Å². The molecule has 0 rings (SSSR count). The van der Waals surface area contributed by atoms with E-state index in [1.165, 1.54) is 7.11 Å². The van der Waals surface area contributed by atoms with Crippen LogP contribution >= 0.6 is 0 Å². The summed E-state index contributed by atoms with van der Waals surface area (Å²) in [4.78, 5) is 0. The van der Waals surface area contributed by atoms with Crippen molar-refractivity contribution in [1.29, 1.82) is 0 Å². The summed E-state index contributed by atoms with van der Waals surface area (Å²) in [6.07, 6.45) is 0. The fourth-order valence-electron chi connectivity index (χ4n) is 0.429. The van der Waals surface area contributed by atoms with E-state index in [4.69, 9.17) is 9.84 Å². The van der Waals surface area contributed by atoms with E-state index in [-0.39, 0.29) is 0 Å². The van der Waals surface area contributed by atoms with Crippen molar-refractivity contribution in [3.05, 3.63) is 0 Å². The Kier molecular flexibility index (Phi) is 3.77. The highest BCUT2D eigenvalue weighted by atomic mass is 16.6. The lowest BCUT2D eigenvalue weighted by Gasteiger charge is -2.20. The van der Waals surface area contributed by atoms with Crippen LogP contribution < -0.4 is 5.32 Å². The number of nitrogens with one attached hydrogen (secondary N) is 1. The summed E-state index contributed by atoms with van der Waals surface area (Å²) < 4.78 is 4.73. The standard InChI is InChI=1S/C6H15NO2/c1-4-7-5-6(2,8)9-3/h7-8H,4-5H2,1-3H3. The summed E-state index contributed by atoms with van der Waals surface area (Å²) in [7, 11) is 1.48. The van der Waals surface area contributed by atoms with Crippen molar-refractivity contribution in [2.24, 2.45) is 0 Å². The number of likely N-dealkylation sites (N-methyl/N-ethyl adjacent to an activating group) is 1. The zero-order valence-electron chi connectivity index (χ0n) is 6.27. The maximum atomic E-state index is 9.17. The second kappa shape index (κ2) is 3.82. The fraction of sp³-hybridized carbons (Fsp3) is 1.00. The van der Waals surface area contributed by atoms with Gasteiger partial charge in [-0.05, 0) is 13.5 Å². The van der Waals surface area contributed by atoms with E-state index in [0.717, 1.165) is 6.54 Å². The van der Waals surface area contributed by atoms with E-state index in [9.17, 15) is 0 Å². The third-order valence-corrected chi connectivity index (χ3v) is 1.14. The average Bonchev–Trinajstić information content (AvgIpc) is 1.84. The molecule has 3 nitrogen and oxygen atoms in total. The van der Waals surface area contributed by atoms with Crippen molar-refractivity contribution in [3.63, 3.8) is 0 Å². The van der Waals surface area contributed by atoms with Gasteiger partial charge in [0.15, 0.2) is 5.79 Å². The minimum atomic E-state index is -1.02. The Labute approximate surface area is 56.0 Å². The topological polar surface area (TPSA) is 41.5 Å². The number of methoxy groups -OCH3 is 1. The molecule has 3 heteroatoms. The van der Waals surface area contributed by atoms with E-state index >= 15 is 0 Å². The number of hydrogen-bond acceptors (Lipinski definition) is 3. The number of rotatable bonds is 4. The van der Waals surface area contributed by atoms with Gasteiger partial charge in [0.1, 0.15) is 0 Å². The monoisotopic (exact) mass is 133 g/mol. The Morgan fingerprint density at radius 1 is 1.67 bits per heavy atom. The minimum absolute atomic E-state index is 0.472. The second-order valence-corrected chi connectivity index (χ2v) is 2.16. The zero-order chi connectivity index (χ0) is 7.33. The molecule has 0 spiro atoms. The SMILES string of the molecule is CCNCC(C)(O)OC. The van der Waals surface area contributed by atoms with E-state index in [0.29, 0.717) is 6.54 Å². The van der Waals surface area contributed by atoms with Crippen molar-refractivity contribution < 1.29 is 9.84 Å². The van der Waals surface area contributed by atoms with Crippen LogP contribution in [0, 0.1) is 0 Å². The maximum absolute atomic E-state index is 9.17. The lowest BCUT2D eigenvalue weighted by atomic mass is 10.3. The Morgan fingerprint density at radius 3 is 2.56 bits per heavy atom. The van der Waals surface area contributed by atoms with Crippen LogP contribution in [-0.4, -0.2) is 31.1 Å². The third kappa shape index (κ3) is 4.39. The lowest BCUT2D eigenvalue weighted by Crippen LogP contribution is -2.39. The Hall–Kier alpha value is -0.120. The number of ether oxygens (including phenoxy) is 1. The molecule has 9 heavy (non-hydrogen) atoms. The van der Waals surface area contributed by atoms with Crippen LogP contribution in [0.5, 0.6) is 0 Å². The molecule has 0 saturated heterocycles. The molecule has 0 aliphatic heterocycles. The first kappa shape index (κ1) is 8.88. The predicted octanol–water partition coefficient (Wildman–Crippen LogP) is -0.0492. The highest BCUT2D eigenvalue weighted by molar-refractivity contribution is 4.61. The van der Waals surface area contributed by atoms with E-state index < -0.39 is 5.79 Å².